The number of hydrogen-bond donors (Lipinski definition) is 1. The van der Waals surface area contributed by atoms with Crippen LogP contribution in [0.25, 0.3) is 10.9 Å². The molecule has 0 radical (unpaired) electrons. The lowest BCUT2D eigenvalue weighted by molar-refractivity contribution is -0.334. The Balaban J connectivity index is 1.66. The van der Waals surface area contributed by atoms with Crippen molar-refractivity contribution in [1.29, 1.82) is 0 Å². The highest BCUT2D eigenvalue weighted by Crippen LogP contribution is 2.46. The van der Waals surface area contributed by atoms with Crippen LogP contribution in [0.4, 0.5) is 0 Å². The van der Waals surface area contributed by atoms with Crippen LogP contribution in [0.3, 0.4) is 0 Å². The predicted octanol–water partition coefficient (Wildman–Crippen LogP) is 1.65. The van der Waals surface area contributed by atoms with E-state index in [9.17, 15) is 9.59 Å². The maximum absolute atomic E-state index is 13.3. The second-order valence-electron chi connectivity index (χ2n) is 8.83. The molecule has 0 spiro atoms. The first kappa shape index (κ1) is 17.3. The van der Waals surface area contributed by atoms with Gasteiger partial charge in [0, 0.05) is 18.4 Å². The van der Waals surface area contributed by atoms with Crippen molar-refractivity contribution >= 4 is 16.7 Å². The summed E-state index contributed by atoms with van der Waals surface area (Å²) in [4.78, 5) is 26.5. The van der Waals surface area contributed by atoms with Crippen molar-refractivity contribution in [3.05, 3.63) is 44.6 Å². The smallest absolute Gasteiger partial charge is 0.290 e. The van der Waals surface area contributed by atoms with Crippen molar-refractivity contribution in [2.24, 2.45) is 11.3 Å². The summed E-state index contributed by atoms with van der Waals surface area (Å²) in [6.45, 7) is 6.57. The van der Waals surface area contributed by atoms with Gasteiger partial charge in [-0.3, -0.25) is 9.36 Å². The Morgan fingerprint density at radius 2 is 2.04 bits per heavy atom. The maximum atomic E-state index is 13.3. The Hall–Kier alpha value is -2.81. The van der Waals surface area contributed by atoms with Gasteiger partial charge in [-0.05, 0) is 50.2 Å². The Kier molecular flexibility index (Phi) is 3.77. The fourth-order valence-electron chi connectivity index (χ4n) is 3.45. The van der Waals surface area contributed by atoms with E-state index in [0.717, 1.165) is 49.0 Å². The fourth-order valence-corrected chi connectivity index (χ4v) is 3.45. The topological polar surface area (TPSA) is 59.0 Å². The molecule has 1 N–H and O–H groups in total. The summed E-state index contributed by atoms with van der Waals surface area (Å²) in [7, 11) is 0. The average Bonchev–Trinajstić information content (AvgIpc) is 3.51. The summed E-state index contributed by atoms with van der Waals surface area (Å²) in [5, 5.41) is 0.566. The van der Waals surface area contributed by atoms with Crippen LogP contribution in [-0.4, -0.2) is 32.7 Å². The van der Waals surface area contributed by atoms with Gasteiger partial charge in [-0.1, -0.05) is 29.2 Å². The number of nitrogens with one attached hydrogen (secondary N) is 1. The molecule has 0 bridgehead atoms. The third kappa shape index (κ3) is 3.26. The van der Waals surface area contributed by atoms with Gasteiger partial charge in [0.25, 0.3) is 5.56 Å². The van der Waals surface area contributed by atoms with E-state index in [0.29, 0.717) is 29.2 Å². The lowest BCUT2D eigenvalue weighted by Crippen LogP contribution is -2.47. The first-order valence-corrected chi connectivity index (χ1v) is 10.1. The standard InChI is InChI=1S/C22H24N4O2/c1-15-3-7-18-17(13-15)20(27)26(21(28)25(18)14-22(2)9-10-22)23-19(24-11-12-24)8-6-16-4-5-16/h3,7,13,16H,4-5,9-12,14H2,1-2H3/p+1. The summed E-state index contributed by atoms with van der Waals surface area (Å²) < 4.78 is 4.96. The molecule has 2 heterocycles. The Bertz CT molecular complexity index is 1190. The molecule has 1 aromatic heterocycles. The van der Waals surface area contributed by atoms with Crippen LogP contribution in [0.2, 0.25) is 0 Å². The monoisotopic (exact) mass is 377 g/mol. The molecule has 144 valence electrons. The first-order chi connectivity index (χ1) is 13.4. The van der Waals surface area contributed by atoms with Crippen molar-refractivity contribution in [3.8, 4) is 11.8 Å². The normalized spacial score (nSPS) is 19.1. The van der Waals surface area contributed by atoms with Gasteiger partial charge >= 0.3 is 11.5 Å². The van der Waals surface area contributed by atoms with Crippen LogP contribution in [0.1, 0.15) is 38.2 Å². The summed E-state index contributed by atoms with van der Waals surface area (Å²) >= 11 is 0. The molecule has 0 amide bonds. The van der Waals surface area contributed by atoms with Crippen LogP contribution < -0.4 is 16.7 Å². The van der Waals surface area contributed by atoms with E-state index >= 15 is 0 Å². The van der Waals surface area contributed by atoms with Gasteiger partial charge in [0.1, 0.15) is 13.1 Å². The number of hydrogen-bond acceptors (Lipinski definition) is 2. The van der Waals surface area contributed by atoms with Gasteiger partial charge in [-0.2, -0.15) is 5.43 Å². The van der Waals surface area contributed by atoms with Crippen LogP contribution in [-0.2, 0) is 6.54 Å². The van der Waals surface area contributed by atoms with Gasteiger partial charge in [0.15, 0.2) is 0 Å². The molecule has 28 heavy (non-hydrogen) atoms. The van der Waals surface area contributed by atoms with E-state index < -0.39 is 0 Å². The molecule has 5 rings (SSSR count). The Labute approximate surface area is 163 Å². The summed E-state index contributed by atoms with van der Waals surface area (Å²) in [5.74, 6) is 7.50. The third-order valence-electron chi connectivity index (χ3n) is 5.90. The van der Waals surface area contributed by atoms with Crippen molar-refractivity contribution in [1.82, 2.24) is 9.24 Å². The molecule has 1 aliphatic heterocycles. The first-order valence-electron chi connectivity index (χ1n) is 10.1. The molecule has 1 aromatic carbocycles. The lowest BCUT2D eigenvalue weighted by atomic mass is 10.1. The molecule has 2 saturated carbocycles. The molecule has 0 atom stereocenters. The average molecular weight is 377 g/mol. The minimum atomic E-state index is -0.318. The predicted molar refractivity (Wildman–Crippen MR) is 109 cm³/mol. The van der Waals surface area contributed by atoms with Gasteiger partial charge < -0.3 is 0 Å². The summed E-state index contributed by atoms with van der Waals surface area (Å²) in [5.41, 5.74) is 4.29. The van der Waals surface area contributed by atoms with Gasteiger partial charge in [0.05, 0.1) is 10.9 Å². The molecule has 2 aromatic rings. The molecule has 1 saturated heterocycles. The number of benzene rings is 1. The molecule has 3 aliphatic rings. The molecule has 0 unspecified atom stereocenters. The van der Waals surface area contributed by atoms with Gasteiger partial charge in [-0.15, -0.1) is 0 Å². The number of fused-ring (bicyclic) bond motifs is 1. The van der Waals surface area contributed by atoms with Crippen molar-refractivity contribution < 1.29 is 4.58 Å². The third-order valence-corrected chi connectivity index (χ3v) is 5.90. The second kappa shape index (κ2) is 6.10. The van der Waals surface area contributed by atoms with Gasteiger partial charge in [-0.25, -0.2) is 9.37 Å². The van der Waals surface area contributed by atoms with Crippen molar-refractivity contribution in [2.45, 2.75) is 46.1 Å². The number of aromatic nitrogens is 2. The van der Waals surface area contributed by atoms with Crippen LogP contribution in [0.15, 0.2) is 27.8 Å². The van der Waals surface area contributed by atoms with E-state index in [4.69, 9.17) is 0 Å². The van der Waals surface area contributed by atoms with E-state index in [1.165, 1.54) is 0 Å². The van der Waals surface area contributed by atoms with E-state index in [-0.39, 0.29) is 16.7 Å². The van der Waals surface area contributed by atoms with Crippen LogP contribution in [0.5, 0.6) is 0 Å². The van der Waals surface area contributed by atoms with Crippen molar-refractivity contribution in [3.63, 3.8) is 0 Å². The lowest BCUT2D eigenvalue weighted by Gasteiger charge is -2.16. The highest BCUT2D eigenvalue weighted by molar-refractivity contribution is 6.01. The fraction of sp³-hybridized carbons (Fsp3) is 0.500. The molecular weight excluding hydrogens is 352 g/mol. The Morgan fingerprint density at radius 3 is 2.68 bits per heavy atom. The summed E-state index contributed by atoms with van der Waals surface area (Å²) in [6, 6.07) is 5.72. The van der Waals surface area contributed by atoms with Gasteiger partial charge in [0.2, 0.25) is 0 Å². The van der Waals surface area contributed by atoms with E-state index in [1.807, 2.05) is 29.7 Å². The molecule has 2 aliphatic carbocycles. The highest BCUT2D eigenvalue weighted by atomic mass is 16.2. The number of aryl methyl sites for hydroxylation is 1. The van der Waals surface area contributed by atoms with E-state index in [2.05, 4.69) is 24.2 Å². The molecule has 6 heteroatoms. The number of amidine groups is 1. The second-order valence-corrected chi connectivity index (χ2v) is 8.83. The quantitative estimate of drug-likeness (QED) is 0.383. The zero-order chi connectivity index (χ0) is 19.5. The zero-order valence-corrected chi connectivity index (χ0v) is 16.4. The summed E-state index contributed by atoms with van der Waals surface area (Å²) in [6.07, 6.45) is 4.50. The maximum Gasteiger partial charge on any atom is 0.367 e. The van der Waals surface area contributed by atoms with E-state index in [1.54, 1.807) is 4.57 Å². The zero-order valence-electron chi connectivity index (χ0n) is 16.4. The Morgan fingerprint density at radius 1 is 1.29 bits per heavy atom. The van der Waals surface area contributed by atoms with Crippen molar-refractivity contribution in [2.75, 3.05) is 18.5 Å². The minimum Gasteiger partial charge on any atom is -0.290 e. The van der Waals surface area contributed by atoms with Crippen LogP contribution in [0, 0.1) is 30.1 Å². The molecule has 3 fully saturated rings. The number of nitrogens with zero attached hydrogens (tertiary/aromatic N) is 3. The van der Waals surface area contributed by atoms with Crippen LogP contribution >= 0.6 is 0 Å². The largest absolute Gasteiger partial charge is 0.367 e. The number of rotatable bonds is 3. The highest BCUT2D eigenvalue weighted by Gasteiger charge is 2.38. The SMILES string of the molecule is Cc1ccc2c(c1)c(=O)n(NC(C#CC1CC1)=[N+]1CC1)c(=O)n2CC1(C)CC1. The molecule has 6 nitrogen and oxygen atoms in total. The molecular formula is C22H25N4O2+. The minimum absolute atomic E-state index is 0.141.